The normalized spacial score (nSPS) is 28.8. The summed E-state index contributed by atoms with van der Waals surface area (Å²) in [5.74, 6) is -1.55. The van der Waals surface area contributed by atoms with Gasteiger partial charge in [-0.1, -0.05) is 0 Å². The lowest BCUT2D eigenvalue weighted by molar-refractivity contribution is -0.141. The number of alkyl carbamates (subject to hydrolysis) is 1. The molecule has 1 fully saturated rings. The van der Waals surface area contributed by atoms with Gasteiger partial charge in [0.25, 0.3) is 0 Å². The summed E-state index contributed by atoms with van der Waals surface area (Å²) in [4.78, 5) is 22.2. The molecule has 6 heteroatoms. The Morgan fingerprint density at radius 1 is 1.29 bits per heavy atom. The Balaban J connectivity index is 2.47. The summed E-state index contributed by atoms with van der Waals surface area (Å²) in [5, 5.41) is 20.9. The summed E-state index contributed by atoms with van der Waals surface area (Å²) in [6.07, 6.45) is -1.07. The van der Waals surface area contributed by atoms with Crippen LogP contribution >= 0.6 is 0 Å². The lowest BCUT2D eigenvalue weighted by Crippen LogP contribution is -2.42. The Morgan fingerprint density at radius 2 is 1.88 bits per heavy atom. The monoisotopic (exact) mass is 245 g/mol. The van der Waals surface area contributed by atoms with Crippen molar-refractivity contribution in [3.63, 3.8) is 0 Å². The molecular formula is C11H19NO5. The zero-order chi connectivity index (χ0) is 13.2. The number of hydrogen-bond donors (Lipinski definition) is 3. The molecule has 0 saturated heterocycles. The maximum Gasteiger partial charge on any atom is 0.407 e. The van der Waals surface area contributed by atoms with Crippen molar-refractivity contribution in [2.24, 2.45) is 5.92 Å². The Kier molecular flexibility index (Phi) is 3.98. The third-order valence-electron chi connectivity index (χ3n) is 2.58. The molecule has 3 N–H and O–H groups in total. The summed E-state index contributed by atoms with van der Waals surface area (Å²) in [5.41, 5.74) is -0.611. The highest BCUT2D eigenvalue weighted by Crippen LogP contribution is 2.26. The van der Waals surface area contributed by atoms with Crippen LogP contribution in [0.4, 0.5) is 4.79 Å². The molecule has 1 aliphatic carbocycles. The molecule has 98 valence electrons. The van der Waals surface area contributed by atoms with Crippen LogP contribution < -0.4 is 5.32 Å². The van der Waals surface area contributed by atoms with E-state index in [1.807, 2.05) is 0 Å². The van der Waals surface area contributed by atoms with Crippen LogP contribution in [-0.2, 0) is 9.53 Å². The number of carboxylic acids is 1. The standard InChI is InChI=1S/C11H19NO5/c1-11(2,3)17-10(16)12-7-4-6(9(14)15)5-8(7)13/h6-8,13H,4-5H2,1-3H3,(H,12,16)(H,14,15)/t6-,7+,8+/m0/s1. The summed E-state index contributed by atoms with van der Waals surface area (Å²) in [6.45, 7) is 5.20. The average Bonchev–Trinajstić information content (AvgIpc) is 2.44. The SMILES string of the molecule is CC(C)(C)OC(=O)N[C@@H]1C[C@H](C(=O)O)C[C@H]1O. The summed E-state index contributed by atoms with van der Waals surface area (Å²) >= 11 is 0. The molecule has 17 heavy (non-hydrogen) atoms. The van der Waals surface area contributed by atoms with Gasteiger partial charge in [0.1, 0.15) is 5.60 Å². The second-order valence-corrected chi connectivity index (χ2v) is 5.33. The lowest BCUT2D eigenvalue weighted by Gasteiger charge is -2.22. The van der Waals surface area contributed by atoms with Crippen LogP contribution in [0.25, 0.3) is 0 Å². The molecule has 0 bridgehead atoms. The van der Waals surface area contributed by atoms with Gasteiger partial charge >= 0.3 is 12.1 Å². The minimum Gasteiger partial charge on any atom is -0.481 e. The second kappa shape index (κ2) is 4.91. The van der Waals surface area contributed by atoms with Crippen molar-refractivity contribution < 1.29 is 24.5 Å². The van der Waals surface area contributed by atoms with E-state index in [2.05, 4.69) is 5.32 Å². The number of aliphatic hydroxyl groups is 1. The molecule has 6 nitrogen and oxygen atoms in total. The molecule has 1 amide bonds. The third kappa shape index (κ3) is 4.22. The number of aliphatic carboxylic acids is 1. The van der Waals surface area contributed by atoms with E-state index in [1.165, 1.54) is 0 Å². The van der Waals surface area contributed by atoms with Crippen LogP contribution in [0.2, 0.25) is 0 Å². The zero-order valence-electron chi connectivity index (χ0n) is 10.3. The Bertz CT molecular complexity index is 309. The van der Waals surface area contributed by atoms with Gasteiger partial charge in [-0.05, 0) is 33.6 Å². The molecule has 0 heterocycles. The predicted molar refractivity (Wildman–Crippen MR) is 59.5 cm³/mol. The van der Waals surface area contributed by atoms with Gasteiger partial charge in [-0.15, -0.1) is 0 Å². The lowest BCUT2D eigenvalue weighted by atomic mass is 10.1. The highest BCUT2D eigenvalue weighted by atomic mass is 16.6. The number of ether oxygens (including phenoxy) is 1. The van der Waals surface area contributed by atoms with Crippen LogP contribution in [0.1, 0.15) is 33.6 Å². The fraction of sp³-hybridized carbons (Fsp3) is 0.818. The van der Waals surface area contributed by atoms with Gasteiger partial charge in [0, 0.05) is 0 Å². The van der Waals surface area contributed by atoms with Crippen molar-refractivity contribution in [1.29, 1.82) is 0 Å². The maximum absolute atomic E-state index is 11.4. The average molecular weight is 245 g/mol. The summed E-state index contributed by atoms with van der Waals surface area (Å²) < 4.78 is 5.04. The molecule has 0 unspecified atom stereocenters. The highest BCUT2D eigenvalue weighted by Gasteiger charge is 2.38. The number of amides is 1. The van der Waals surface area contributed by atoms with E-state index in [9.17, 15) is 14.7 Å². The maximum atomic E-state index is 11.4. The van der Waals surface area contributed by atoms with Crippen LogP contribution in [0, 0.1) is 5.92 Å². The van der Waals surface area contributed by atoms with Gasteiger partial charge in [-0.25, -0.2) is 4.79 Å². The van der Waals surface area contributed by atoms with E-state index < -0.39 is 35.7 Å². The first-order chi connectivity index (χ1) is 7.69. The van der Waals surface area contributed by atoms with Gasteiger partial charge in [0.05, 0.1) is 18.1 Å². The minimum atomic E-state index is -0.947. The number of nitrogens with one attached hydrogen (secondary N) is 1. The third-order valence-corrected chi connectivity index (χ3v) is 2.58. The first-order valence-electron chi connectivity index (χ1n) is 5.59. The first kappa shape index (κ1) is 13.8. The molecular weight excluding hydrogens is 226 g/mol. The van der Waals surface area contributed by atoms with Crippen molar-refractivity contribution in [3.05, 3.63) is 0 Å². The molecule has 0 radical (unpaired) electrons. The number of carbonyl (C=O) groups is 2. The number of rotatable bonds is 2. The van der Waals surface area contributed by atoms with E-state index >= 15 is 0 Å². The quantitative estimate of drug-likeness (QED) is 0.666. The minimum absolute atomic E-state index is 0.162. The van der Waals surface area contributed by atoms with Crippen LogP contribution in [0.3, 0.4) is 0 Å². The molecule has 0 aromatic heterocycles. The van der Waals surface area contributed by atoms with E-state index in [4.69, 9.17) is 9.84 Å². The Labute approximate surface area is 100.0 Å². The van der Waals surface area contributed by atoms with E-state index in [0.29, 0.717) is 0 Å². The topological polar surface area (TPSA) is 95.9 Å². The number of carbonyl (C=O) groups excluding carboxylic acids is 1. The molecule has 1 saturated carbocycles. The van der Waals surface area contributed by atoms with Gasteiger partial charge in [-0.3, -0.25) is 4.79 Å². The fourth-order valence-corrected chi connectivity index (χ4v) is 1.83. The molecule has 0 aliphatic heterocycles. The number of aliphatic hydroxyl groups excluding tert-OH is 1. The molecule has 1 aliphatic rings. The summed E-state index contributed by atoms with van der Waals surface area (Å²) in [6, 6.07) is -0.550. The zero-order valence-corrected chi connectivity index (χ0v) is 10.3. The molecule has 1 rings (SSSR count). The highest BCUT2D eigenvalue weighted by molar-refractivity contribution is 5.72. The van der Waals surface area contributed by atoms with Gasteiger partial charge < -0.3 is 20.3 Å². The van der Waals surface area contributed by atoms with E-state index in [-0.39, 0.29) is 12.8 Å². The van der Waals surface area contributed by atoms with Crippen molar-refractivity contribution in [2.45, 2.75) is 51.4 Å². The molecule has 0 spiro atoms. The largest absolute Gasteiger partial charge is 0.481 e. The second-order valence-electron chi connectivity index (χ2n) is 5.33. The van der Waals surface area contributed by atoms with Gasteiger partial charge in [0.15, 0.2) is 0 Å². The predicted octanol–water partition coefficient (Wildman–Crippen LogP) is 0.735. The van der Waals surface area contributed by atoms with Crippen LogP contribution in [0.15, 0.2) is 0 Å². The fourth-order valence-electron chi connectivity index (χ4n) is 1.83. The van der Waals surface area contributed by atoms with Crippen molar-refractivity contribution in [2.75, 3.05) is 0 Å². The van der Waals surface area contributed by atoms with Crippen LogP contribution in [0.5, 0.6) is 0 Å². The summed E-state index contributed by atoms with van der Waals surface area (Å²) in [7, 11) is 0. The molecule has 0 aromatic rings. The van der Waals surface area contributed by atoms with Crippen molar-refractivity contribution in [1.82, 2.24) is 5.32 Å². The van der Waals surface area contributed by atoms with Gasteiger partial charge in [0.2, 0.25) is 0 Å². The molecule has 0 aromatic carbocycles. The van der Waals surface area contributed by atoms with E-state index in [0.717, 1.165) is 0 Å². The van der Waals surface area contributed by atoms with Crippen molar-refractivity contribution in [3.8, 4) is 0 Å². The van der Waals surface area contributed by atoms with E-state index in [1.54, 1.807) is 20.8 Å². The number of carboxylic acid groups (broad SMARTS) is 1. The first-order valence-corrected chi connectivity index (χ1v) is 5.59. The van der Waals surface area contributed by atoms with Gasteiger partial charge in [-0.2, -0.15) is 0 Å². The Morgan fingerprint density at radius 3 is 2.29 bits per heavy atom. The molecule has 3 atom stereocenters. The number of hydrogen-bond acceptors (Lipinski definition) is 4. The van der Waals surface area contributed by atoms with Crippen LogP contribution in [-0.4, -0.2) is 40.0 Å². The van der Waals surface area contributed by atoms with Crippen molar-refractivity contribution >= 4 is 12.1 Å². The smallest absolute Gasteiger partial charge is 0.407 e. The Hall–Kier alpha value is -1.30.